The van der Waals surface area contributed by atoms with Crippen LogP contribution in [-0.2, 0) is 14.4 Å². The molecule has 0 radical (unpaired) electrons. The Balaban J connectivity index is 1.51. The molecular weight excluding hydrogens is 462 g/mol. The number of hydrogen-bond acceptors (Lipinski definition) is 7. The second kappa shape index (κ2) is 9.79. The fraction of sp³-hybridized carbons (Fsp3) is 0.259. The van der Waals surface area contributed by atoms with Crippen LogP contribution in [0.25, 0.3) is 0 Å². The van der Waals surface area contributed by atoms with Crippen molar-refractivity contribution in [3.05, 3.63) is 94.5 Å². The van der Waals surface area contributed by atoms with Gasteiger partial charge in [0.1, 0.15) is 17.7 Å². The van der Waals surface area contributed by atoms with Gasteiger partial charge < -0.3 is 4.74 Å². The largest absolute Gasteiger partial charge is 0.494 e. The van der Waals surface area contributed by atoms with Crippen molar-refractivity contribution in [3.63, 3.8) is 0 Å². The average Bonchev–Trinajstić information content (AvgIpc) is 3.41. The third-order valence-corrected chi connectivity index (χ3v) is 6.44. The van der Waals surface area contributed by atoms with Crippen LogP contribution in [0, 0.1) is 16.0 Å². The Morgan fingerprint density at radius 1 is 0.917 bits per heavy atom. The van der Waals surface area contributed by atoms with Crippen molar-refractivity contribution in [2.75, 3.05) is 16.6 Å². The quantitative estimate of drug-likeness (QED) is 0.194. The molecule has 0 aliphatic carbocycles. The second-order valence-corrected chi connectivity index (χ2v) is 8.68. The van der Waals surface area contributed by atoms with Gasteiger partial charge in [0.15, 0.2) is 6.10 Å². The predicted octanol–water partition coefficient (Wildman–Crippen LogP) is 4.82. The Hall–Kier alpha value is -4.24. The lowest BCUT2D eigenvalue weighted by Crippen LogP contribution is -2.37. The smallest absolute Gasteiger partial charge is 0.274 e. The second-order valence-electron chi connectivity index (χ2n) is 8.68. The molecule has 5 rings (SSSR count). The van der Waals surface area contributed by atoms with Crippen molar-refractivity contribution in [1.29, 1.82) is 0 Å². The number of nitrogens with zero attached hydrogens (tertiary/aromatic N) is 3. The summed E-state index contributed by atoms with van der Waals surface area (Å²) in [6.07, 6.45) is 0.831. The number of nitro benzene ring substituents is 1. The highest BCUT2D eigenvalue weighted by atomic mass is 16.7. The van der Waals surface area contributed by atoms with Crippen molar-refractivity contribution in [2.24, 2.45) is 5.92 Å². The summed E-state index contributed by atoms with van der Waals surface area (Å²) >= 11 is 0. The molecule has 3 atom stereocenters. The Bertz CT molecular complexity index is 1280. The van der Waals surface area contributed by atoms with Crippen LogP contribution in [0.4, 0.5) is 17.1 Å². The lowest BCUT2D eigenvalue weighted by atomic mass is 9.89. The number of amides is 2. The van der Waals surface area contributed by atoms with E-state index < -0.39 is 34.8 Å². The third kappa shape index (κ3) is 4.07. The van der Waals surface area contributed by atoms with E-state index in [0.717, 1.165) is 17.7 Å². The number of ether oxygens (including phenoxy) is 1. The molecule has 0 saturated carbocycles. The number of anilines is 2. The number of para-hydroxylation sites is 2. The summed E-state index contributed by atoms with van der Waals surface area (Å²) in [5.74, 6) is -1.28. The zero-order valence-corrected chi connectivity index (χ0v) is 19.7. The number of fused-ring (bicyclic) bond motifs is 1. The molecule has 2 saturated heterocycles. The predicted molar refractivity (Wildman–Crippen MR) is 132 cm³/mol. The van der Waals surface area contributed by atoms with Gasteiger partial charge in [-0.2, -0.15) is 0 Å². The first-order chi connectivity index (χ1) is 17.5. The highest BCUT2D eigenvalue weighted by Crippen LogP contribution is 2.49. The van der Waals surface area contributed by atoms with Crippen LogP contribution in [0.2, 0.25) is 0 Å². The van der Waals surface area contributed by atoms with Gasteiger partial charge in [-0.15, -0.1) is 0 Å². The number of rotatable bonds is 8. The van der Waals surface area contributed by atoms with E-state index in [-0.39, 0.29) is 5.69 Å². The molecule has 2 fully saturated rings. The summed E-state index contributed by atoms with van der Waals surface area (Å²) in [5, 5.41) is 13.3. The summed E-state index contributed by atoms with van der Waals surface area (Å²) in [7, 11) is 0. The zero-order valence-electron chi connectivity index (χ0n) is 19.7. The van der Waals surface area contributed by atoms with Crippen molar-refractivity contribution < 1.29 is 24.1 Å². The Morgan fingerprint density at radius 3 is 2.31 bits per heavy atom. The SMILES string of the molecule is CCCCOc1ccc(N2C(=O)[C@H]3[C@H](ON(c4ccccc4)[C@H]3c3ccccc3[N+](=O)[O-])C2=O)cc1. The first-order valence-electron chi connectivity index (χ1n) is 11.9. The molecule has 2 heterocycles. The molecule has 2 aliphatic rings. The number of hydroxylamine groups is 1. The lowest BCUT2D eigenvalue weighted by molar-refractivity contribution is -0.385. The maximum absolute atomic E-state index is 13.7. The van der Waals surface area contributed by atoms with Gasteiger partial charge in [-0.05, 0) is 48.9 Å². The number of imide groups is 1. The summed E-state index contributed by atoms with van der Waals surface area (Å²) in [4.78, 5) is 45.7. The first kappa shape index (κ1) is 23.5. The minimum absolute atomic E-state index is 0.139. The fourth-order valence-electron chi connectivity index (χ4n) is 4.71. The summed E-state index contributed by atoms with van der Waals surface area (Å²) in [5.41, 5.74) is 1.16. The van der Waals surface area contributed by atoms with Gasteiger partial charge in [0.05, 0.1) is 28.5 Å². The zero-order chi connectivity index (χ0) is 25.2. The van der Waals surface area contributed by atoms with Crippen LogP contribution >= 0.6 is 0 Å². The van der Waals surface area contributed by atoms with Crippen molar-refractivity contribution in [2.45, 2.75) is 31.9 Å². The van der Waals surface area contributed by atoms with Gasteiger partial charge in [-0.1, -0.05) is 43.7 Å². The summed E-state index contributed by atoms with van der Waals surface area (Å²) < 4.78 is 5.68. The molecule has 9 heteroatoms. The van der Waals surface area contributed by atoms with E-state index in [1.165, 1.54) is 11.1 Å². The average molecular weight is 488 g/mol. The molecule has 0 N–H and O–H groups in total. The Morgan fingerprint density at radius 2 is 1.61 bits per heavy atom. The molecule has 2 aliphatic heterocycles. The topological polar surface area (TPSA) is 102 Å². The number of unbranched alkanes of at least 4 members (excludes halogenated alkanes) is 1. The molecule has 9 nitrogen and oxygen atoms in total. The molecule has 184 valence electrons. The number of hydrogen-bond donors (Lipinski definition) is 0. The highest BCUT2D eigenvalue weighted by molar-refractivity contribution is 6.24. The molecule has 2 amide bonds. The van der Waals surface area contributed by atoms with Crippen LogP contribution in [0.15, 0.2) is 78.9 Å². The maximum Gasteiger partial charge on any atom is 0.274 e. The van der Waals surface area contributed by atoms with E-state index in [1.807, 2.05) is 6.07 Å². The van der Waals surface area contributed by atoms with Crippen LogP contribution in [0.3, 0.4) is 0 Å². The van der Waals surface area contributed by atoms with Gasteiger partial charge in [-0.25, -0.2) is 9.96 Å². The Labute approximate surface area is 207 Å². The van der Waals surface area contributed by atoms with Crippen LogP contribution < -0.4 is 14.7 Å². The summed E-state index contributed by atoms with van der Waals surface area (Å²) in [6.45, 7) is 2.66. The van der Waals surface area contributed by atoms with E-state index in [2.05, 4.69) is 6.92 Å². The lowest BCUT2D eigenvalue weighted by Gasteiger charge is -2.28. The Kier molecular flexibility index (Phi) is 6.39. The van der Waals surface area contributed by atoms with Gasteiger partial charge in [0.2, 0.25) is 5.91 Å². The van der Waals surface area contributed by atoms with E-state index in [9.17, 15) is 19.7 Å². The molecule has 0 aromatic heterocycles. The maximum atomic E-state index is 13.7. The van der Waals surface area contributed by atoms with Crippen LogP contribution in [0.1, 0.15) is 31.4 Å². The molecule has 3 aromatic carbocycles. The molecular formula is C27H25N3O6. The van der Waals surface area contributed by atoms with Gasteiger partial charge >= 0.3 is 0 Å². The molecule has 3 aromatic rings. The van der Waals surface area contributed by atoms with E-state index >= 15 is 0 Å². The fourth-order valence-corrected chi connectivity index (χ4v) is 4.71. The van der Waals surface area contributed by atoms with E-state index in [0.29, 0.717) is 29.3 Å². The number of carbonyl (C=O) groups excluding carboxylic acids is 2. The van der Waals surface area contributed by atoms with E-state index in [1.54, 1.807) is 66.7 Å². The van der Waals surface area contributed by atoms with Crippen molar-refractivity contribution in [3.8, 4) is 5.75 Å². The monoisotopic (exact) mass is 487 g/mol. The highest BCUT2D eigenvalue weighted by Gasteiger charge is 2.61. The van der Waals surface area contributed by atoms with Gasteiger partial charge in [0, 0.05) is 6.07 Å². The van der Waals surface area contributed by atoms with Gasteiger partial charge in [-0.3, -0.25) is 24.5 Å². The van der Waals surface area contributed by atoms with Crippen LogP contribution in [-0.4, -0.2) is 29.4 Å². The minimum Gasteiger partial charge on any atom is -0.494 e. The van der Waals surface area contributed by atoms with Crippen LogP contribution in [0.5, 0.6) is 5.75 Å². The summed E-state index contributed by atoms with van der Waals surface area (Å²) in [6, 6.07) is 21.1. The number of nitro groups is 1. The number of benzene rings is 3. The van der Waals surface area contributed by atoms with Crippen molar-refractivity contribution >= 4 is 28.9 Å². The third-order valence-electron chi connectivity index (χ3n) is 6.44. The van der Waals surface area contributed by atoms with E-state index in [4.69, 9.17) is 9.57 Å². The standard InChI is InChI=1S/C27H25N3O6/c1-2-3-17-35-20-15-13-18(14-16-20)28-26(31)23-24(21-11-7-8-12-22(21)30(33)34)29(36-25(23)27(28)32)19-9-5-4-6-10-19/h4-16,23-25H,2-3,17H2,1H3/t23-,24+,25+/m1/s1. The number of carbonyl (C=O) groups is 2. The van der Waals surface area contributed by atoms with Gasteiger partial charge in [0.25, 0.3) is 11.6 Å². The van der Waals surface area contributed by atoms with Crippen molar-refractivity contribution in [1.82, 2.24) is 0 Å². The normalized spacial score (nSPS) is 21.1. The molecule has 36 heavy (non-hydrogen) atoms. The molecule has 0 bridgehead atoms. The minimum atomic E-state index is -1.11. The first-order valence-corrected chi connectivity index (χ1v) is 11.9. The molecule has 0 spiro atoms. The molecule has 0 unspecified atom stereocenters.